The highest BCUT2D eigenvalue weighted by Crippen LogP contribution is 2.15. The van der Waals surface area contributed by atoms with Gasteiger partial charge in [-0.3, -0.25) is 4.98 Å². The molecular formula is C9H7N5. The normalized spacial score (nSPS) is 11.2. The van der Waals surface area contributed by atoms with E-state index in [1.807, 2.05) is 25.1 Å². The second kappa shape index (κ2) is 2.47. The van der Waals surface area contributed by atoms with Gasteiger partial charge in [-0.05, 0) is 29.0 Å². The van der Waals surface area contributed by atoms with Crippen LogP contribution in [0.25, 0.3) is 16.7 Å². The molecule has 0 radical (unpaired) electrons. The minimum absolute atomic E-state index is 0.670. The Morgan fingerprint density at radius 1 is 1.29 bits per heavy atom. The molecule has 0 N–H and O–H groups in total. The second-order valence-electron chi connectivity index (χ2n) is 3.15. The lowest BCUT2D eigenvalue weighted by molar-refractivity contribution is 0.840. The lowest BCUT2D eigenvalue weighted by Crippen LogP contribution is -1.94. The fourth-order valence-corrected chi connectivity index (χ4v) is 1.55. The van der Waals surface area contributed by atoms with E-state index in [1.165, 1.54) is 0 Å². The van der Waals surface area contributed by atoms with Crippen molar-refractivity contribution in [3.8, 4) is 0 Å². The molecule has 5 nitrogen and oxygen atoms in total. The van der Waals surface area contributed by atoms with Crippen molar-refractivity contribution in [1.82, 2.24) is 25.0 Å². The fraction of sp³-hybridized carbons (Fsp3) is 0.111. The molecule has 68 valence electrons. The van der Waals surface area contributed by atoms with Crippen LogP contribution in [0.5, 0.6) is 0 Å². The number of hydrogen-bond acceptors (Lipinski definition) is 4. The van der Waals surface area contributed by atoms with Gasteiger partial charge in [-0.15, -0.1) is 5.10 Å². The van der Waals surface area contributed by atoms with Gasteiger partial charge in [0, 0.05) is 0 Å². The third-order valence-electron chi connectivity index (χ3n) is 2.25. The summed E-state index contributed by atoms with van der Waals surface area (Å²) in [6.07, 6.45) is 1.68. The van der Waals surface area contributed by atoms with Crippen LogP contribution < -0.4 is 0 Å². The number of rotatable bonds is 0. The maximum atomic E-state index is 4.32. The molecule has 0 aliphatic heterocycles. The maximum Gasteiger partial charge on any atom is 0.198 e. The van der Waals surface area contributed by atoms with Crippen molar-refractivity contribution in [1.29, 1.82) is 0 Å². The first-order valence-electron chi connectivity index (χ1n) is 4.29. The van der Waals surface area contributed by atoms with Crippen LogP contribution in [0.15, 0.2) is 24.4 Å². The molecule has 0 spiro atoms. The van der Waals surface area contributed by atoms with Crippen molar-refractivity contribution in [2.45, 2.75) is 6.92 Å². The monoisotopic (exact) mass is 185 g/mol. The fourth-order valence-electron chi connectivity index (χ4n) is 1.55. The van der Waals surface area contributed by atoms with Crippen molar-refractivity contribution < 1.29 is 0 Å². The van der Waals surface area contributed by atoms with Crippen molar-refractivity contribution in [3.63, 3.8) is 0 Å². The molecular weight excluding hydrogens is 178 g/mol. The summed E-state index contributed by atoms with van der Waals surface area (Å²) < 4.78 is 1.69. The number of fused-ring (bicyclic) bond motifs is 3. The highest BCUT2D eigenvalue weighted by Gasteiger charge is 2.04. The highest BCUT2D eigenvalue weighted by molar-refractivity contribution is 5.79. The van der Waals surface area contributed by atoms with Crippen LogP contribution in [0.4, 0.5) is 0 Å². The molecule has 0 fully saturated rings. The number of para-hydroxylation sites is 1. The van der Waals surface area contributed by atoms with Gasteiger partial charge in [-0.2, -0.15) is 4.52 Å². The van der Waals surface area contributed by atoms with E-state index in [4.69, 9.17) is 0 Å². The predicted octanol–water partition coefficient (Wildman–Crippen LogP) is 0.981. The Kier molecular flexibility index (Phi) is 1.30. The molecule has 3 aromatic rings. The average Bonchev–Trinajstić information content (AvgIpc) is 2.66. The third-order valence-corrected chi connectivity index (χ3v) is 2.25. The number of hydrogen-bond donors (Lipinski definition) is 0. The van der Waals surface area contributed by atoms with E-state index in [2.05, 4.69) is 20.5 Å². The van der Waals surface area contributed by atoms with Crippen LogP contribution in [-0.2, 0) is 0 Å². The van der Waals surface area contributed by atoms with Crippen molar-refractivity contribution in [3.05, 3.63) is 30.0 Å². The van der Waals surface area contributed by atoms with Gasteiger partial charge in [0.2, 0.25) is 0 Å². The van der Waals surface area contributed by atoms with Gasteiger partial charge in [0.05, 0.1) is 17.2 Å². The van der Waals surface area contributed by atoms with Crippen molar-refractivity contribution >= 4 is 16.7 Å². The van der Waals surface area contributed by atoms with E-state index in [-0.39, 0.29) is 0 Å². The van der Waals surface area contributed by atoms with E-state index in [1.54, 1.807) is 10.7 Å². The van der Waals surface area contributed by atoms with E-state index in [0.29, 0.717) is 5.65 Å². The molecule has 2 aromatic heterocycles. The Morgan fingerprint density at radius 2 is 2.21 bits per heavy atom. The summed E-state index contributed by atoms with van der Waals surface area (Å²) in [5.41, 5.74) is 3.67. The SMILES string of the molecule is Cc1cccc2c1ncc1nnnn12. The largest absolute Gasteiger partial charge is 0.250 e. The summed E-state index contributed by atoms with van der Waals surface area (Å²) >= 11 is 0. The van der Waals surface area contributed by atoms with E-state index in [0.717, 1.165) is 16.6 Å². The predicted molar refractivity (Wildman–Crippen MR) is 50.8 cm³/mol. The Labute approximate surface area is 79.4 Å². The van der Waals surface area contributed by atoms with E-state index < -0.39 is 0 Å². The first-order valence-corrected chi connectivity index (χ1v) is 4.29. The highest BCUT2D eigenvalue weighted by atomic mass is 15.5. The van der Waals surface area contributed by atoms with Gasteiger partial charge in [0.25, 0.3) is 0 Å². The summed E-state index contributed by atoms with van der Waals surface area (Å²) in [4.78, 5) is 4.32. The molecule has 1 aromatic carbocycles. The number of aryl methyl sites for hydroxylation is 1. The molecule has 0 atom stereocenters. The van der Waals surface area contributed by atoms with Gasteiger partial charge >= 0.3 is 0 Å². The standard InChI is InChI=1S/C9H7N5/c1-6-3-2-4-7-9(6)10-5-8-11-12-13-14(7)8/h2-5H,1H3. The quantitative estimate of drug-likeness (QED) is 0.524. The van der Waals surface area contributed by atoms with Crippen molar-refractivity contribution in [2.75, 3.05) is 0 Å². The first kappa shape index (κ1) is 7.37. The Balaban J connectivity index is 2.64. The first-order chi connectivity index (χ1) is 6.86. The summed E-state index contributed by atoms with van der Waals surface area (Å²) in [6, 6.07) is 5.95. The molecule has 0 saturated heterocycles. The molecule has 0 saturated carbocycles. The summed E-state index contributed by atoms with van der Waals surface area (Å²) in [5, 5.41) is 11.3. The Morgan fingerprint density at radius 3 is 3.14 bits per heavy atom. The zero-order valence-corrected chi connectivity index (χ0v) is 7.55. The molecule has 5 heteroatoms. The van der Waals surface area contributed by atoms with Gasteiger partial charge in [-0.1, -0.05) is 12.1 Å². The van der Waals surface area contributed by atoms with Crippen LogP contribution in [0.2, 0.25) is 0 Å². The number of tetrazole rings is 1. The summed E-state index contributed by atoms with van der Waals surface area (Å²) in [7, 11) is 0. The molecule has 14 heavy (non-hydrogen) atoms. The van der Waals surface area contributed by atoms with Gasteiger partial charge in [0.1, 0.15) is 0 Å². The number of nitrogens with zero attached hydrogens (tertiary/aromatic N) is 5. The Bertz CT molecular complexity index is 613. The topological polar surface area (TPSA) is 56.0 Å². The number of benzene rings is 1. The summed E-state index contributed by atoms with van der Waals surface area (Å²) in [6.45, 7) is 2.02. The summed E-state index contributed by atoms with van der Waals surface area (Å²) in [5.74, 6) is 0. The van der Waals surface area contributed by atoms with Crippen LogP contribution in [0, 0.1) is 6.92 Å². The smallest absolute Gasteiger partial charge is 0.198 e. The lowest BCUT2D eigenvalue weighted by atomic mass is 10.2. The van der Waals surface area contributed by atoms with Crippen LogP contribution >= 0.6 is 0 Å². The molecule has 0 bridgehead atoms. The van der Waals surface area contributed by atoms with Gasteiger partial charge in [-0.25, -0.2) is 0 Å². The van der Waals surface area contributed by atoms with Gasteiger partial charge < -0.3 is 0 Å². The average molecular weight is 185 g/mol. The zero-order valence-electron chi connectivity index (χ0n) is 7.55. The lowest BCUT2D eigenvalue weighted by Gasteiger charge is -2.00. The van der Waals surface area contributed by atoms with Crippen LogP contribution in [-0.4, -0.2) is 25.0 Å². The molecule has 0 aliphatic rings. The minimum Gasteiger partial charge on any atom is -0.250 e. The molecule has 0 aliphatic carbocycles. The zero-order chi connectivity index (χ0) is 9.54. The molecule has 2 heterocycles. The van der Waals surface area contributed by atoms with E-state index >= 15 is 0 Å². The van der Waals surface area contributed by atoms with Crippen LogP contribution in [0.3, 0.4) is 0 Å². The molecule has 3 rings (SSSR count). The van der Waals surface area contributed by atoms with Crippen molar-refractivity contribution in [2.24, 2.45) is 0 Å². The van der Waals surface area contributed by atoms with E-state index in [9.17, 15) is 0 Å². The maximum absolute atomic E-state index is 4.32. The minimum atomic E-state index is 0.670. The Hall–Kier alpha value is -2.04. The molecule has 0 amide bonds. The third kappa shape index (κ3) is 0.834. The van der Waals surface area contributed by atoms with Crippen LogP contribution in [0.1, 0.15) is 5.56 Å². The van der Waals surface area contributed by atoms with Gasteiger partial charge in [0.15, 0.2) is 5.65 Å². The molecule has 0 unspecified atom stereocenters. The number of aromatic nitrogens is 5. The second-order valence-corrected chi connectivity index (χ2v) is 3.15.